The summed E-state index contributed by atoms with van der Waals surface area (Å²) in [6.07, 6.45) is 5.10. The molecular formula is C31H31N3O2. The van der Waals surface area contributed by atoms with E-state index in [1.807, 2.05) is 54.6 Å². The zero-order valence-corrected chi connectivity index (χ0v) is 20.3. The van der Waals surface area contributed by atoms with Gasteiger partial charge in [-0.25, -0.2) is 5.43 Å². The van der Waals surface area contributed by atoms with Crippen LogP contribution in [0.5, 0.6) is 5.75 Å². The number of carbonyl (C=O) groups excluding carboxylic acids is 1. The average Bonchev–Trinajstić information content (AvgIpc) is 2.92. The number of hydrogen-bond donors (Lipinski definition) is 2. The van der Waals surface area contributed by atoms with Crippen molar-refractivity contribution < 1.29 is 9.90 Å². The molecule has 1 heterocycles. The first kappa shape index (κ1) is 23.8. The molecule has 0 unspecified atom stereocenters. The molecule has 5 nitrogen and oxygen atoms in total. The number of piperidine rings is 1. The maximum atomic E-state index is 12.6. The third-order valence-corrected chi connectivity index (χ3v) is 7.00. The minimum absolute atomic E-state index is 0.125. The van der Waals surface area contributed by atoms with E-state index in [4.69, 9.17) is 0 Å². The van der Waals surface area contributed by atoms with Crippen LogP contribution in [0.1, 0.15) is 39.9 Å². The predicted octanol–water partition coefficient (Wildman–Crippen LogP) is 5.76. The second-order valence-electron chi connectivity index (χ2n) is 9.52. The van der Waals surface area contributed by atoms with Gasteiger partial charge in [0.25, 0.3) is 5.91 Å². The second kappa shape index (κ2) is 11.2. The van der Waals surface area contributed by atoms with Crippen LogP contribution in [0.25, 0.3) is 10.8 Å². The molecule has 4 aromatic carbocycles. The Balaban J connectivity index is 1.12. The number of hydrogen-bond acceptors (Lipinski definition) is 4. The molecule has 1 fully saturated rings. The first-order valence-electron chi connectivity index (χ1n) is 12.5. The zero-order valence-electron chi connectivity index (χ0n) is 20.3. The van der Waals surface area contributed by atoms with E-state index in [2.05, 4.69) is 45.8 Å². The zero-order chi connectivity index (χ0) is 24.7. The van der Waals surface area contributed by atoms with Crippen LogP contribution >= 0.6 is 0 Å². The van der Waals surface area contributed by atoms with Gasteiger partial charge in [0, 0.05) is 17.7 Å². The summed E-state index contributed by atoms with van der Waals surface area (Å²) >= 11 is 0. The molecular weight excluding hydrogens is 446 g/mol. The summed E-state index contributed by atoms with van der Waals surface area (Å²) < 4.78 is 0. The lowest BCUT2D eigenvalue weighted by atomic mass is 9.90. The van der Waals surface area contributed by atoms with Gasteiger partial charge in [-0.1, -0.05) is 72.8 Å². The third-order valence-electron chi connectivity index (χ3n) is 7.00. The summed E-state index contributed by atoms with van der Waals surface area (Å²) in [6.45, 7) is 3.11. The molecule has 4 aromatic rings. The number of benzene rings is 4. The molecule has 0 spiro atoms. The lowest BCUT2D eigenvalue weighted by molar-refractivity contribution is 0.0955. The Morgan fingerprint density at radius 1 is 0.889 bits per heavy atom. The number of carbonyl (C=O) groups is 1. The molecule has 0 saturated carbocycles. The number of likely N-dealkylation sites (tertiary alicyclic amines) is 1. The highest BCUT2D eigenvalue weighted by molar-refractivity contribution is 6.03. The fraction of sp³-hybridized carbons (Fsp3) is 0.226. The normalized spacial score (nSPS) is 14.9. The van der Waals surface area contributed by atoms with E-state index in [0.717, 1.165) is 36.3 Å². The summed E-state index contributed by atoms with van der Waals surface area (Å²) in [5.41, 5.74) is 6.35. The number of rotatable bonds is 7. The Morgan fingerprint density at radius 2 is 1.61 bits per heavy atom. The molecule has 5 heteroatoms. The molecule has 5 rings (SSSR count). The lowest BCUT2D eigenvalue weighted by Gasteiger charge is -2.32. The topological polar surface area (TPSA) is 64.9 Å². The summed E-state index contributed by atoms with van der Waals surface area (Å²) in [6, 6.07) is 29.7. The van der Waals surface area contributed by atoms with Gasteiger partial charge in [0.2, 0.25) is 0 Å². The van der Waals surface area contributed by atoms with Gasteiger partial charge in [0.15, 0.2) is 0 Å². The molecule has 0 bridgehead atoms. The highest BCUT2D eigenvalue weighted by Gasteiger charge is 2.19. The highest BCUT2D eigenvalue weighted by Crippen LogP contribution is 2.25. The summed E-state index contributed by atoms with van der Waals surface area (Å²) in [5.74, 6) is 0.602. The van der Waals surface area contributed by atoms with Crippen LogP contribution in [0, 0.1) is 5.92 Å². The molecule has 0 radical (unpaired) electrons. The van der Waals surface area contributed by atoms with Crippen molar-refractivity contribution in [2.45, 2.75) is 25.8 Å². The summed E-state index contributed by atoms with van der Waals surface area (Å²) in [4.78, 5) is 15.1. The lowest BCUT2D eigenvalue weighted by Crippen LogP contribution is -2.33. The van der Waals surface area contributed by atoms with E-state index in [0.29, 0.717) is 11.1 Å². The quantitative estimate of drug-likeness (QED) is 0.263. The van der Waals surface area contributed by atoms with E-state index in [-0.39, 0.29) is 11.7 Å². The van der Waals surface area contributed by atoms with Gasteiger partial charge in [-0.3, -0.25) is 9.69 Å². The van der Waals surface area contributed by atoms with E-state index in [1.54, 1.807) is 6.07 Å². The van der Waals surface area contributed by atoms with Crippen LogP contribution in [0.15, 0.2) is 96.1 Å². The Morgan fingerprint density at radius 3 is 2.39 bits per heavy atom. The molecule has 1 amide bonds. The van der Waals surface area contributed by atoms with Gasteiger partial charge < -0.3 is 5.11 Å². The maximum absolute atomic E-state index is 12.6. The molecule has 0 atom stereocenters. The maximum Gasteiger partial charge on any atom is 0.271 e. The second-order valence-corrected chi connectivity index (χ2v) is 9.52. The summed E-state index contributed by atoms with van der Waals surface area (Å²) in [7, 11) is 0. The first-order chi connectivity index (χ1) is 17.7. The Bertz CT molecular complexity index is 1340. The van der Waals surface area contributed by atoms with Crippen molar-refractivity contribution >= 4 is 22.9 Å². The molecule has 1 aliphatic rings. The van der Waals surface area contributed by atoms with Crippen molar-refractivity contribution in [3.63, 3.8) is 0 Å². The monoisotopic (exact) mass is 477 g/mol. The average molecular weight is 478 g/mol. The molecule has 0 aliphatic carbocycles. The Labute approximate surface area is 212 Å². The van der Waals surface area contributed by atoms with Crippen molar-refractivity contribution in [2.24, 2.45) is 11.0 Å². The molecule has 36 heavy (non-hydrogen) atoms. The van der Waals surface area contributed by atoms with E-state index >= 15 is 0 Å². The van der Waals surface area contributed by atoms with Crippen LogP contribution in [-0.4, -0.2) is 35.2 Å². The molecule has 0 aromatic heterocycles. The standard InChI is InChI=1S/C31H31N3O2/c35-30-15-14-26-8-4-5-9-28(26)29(30)21-32-33-31(36)27-12-10-25(11-13-27)22-34-18-16-24(17-19-34)20-23-6-2-1-3-7-23/h1-15,21,24,35H,16-20,22H2,(H,33,36)/b32-21+. The molecule has 1 aliphatic heterocycles. The van der Waals surface area contributed by atoms with Gasteiger partial charge in [-0.05, 0) is 78.4 Å². The number of amides is 1. The van der Waals surface area contributed by atoms with Crippen molar-refractivity contribution in [3.05, 3.63) is 113 Å². The van der Waals surface area contributed by atoms with Crippen LogP contribution in [0.4, 0.5) is 0 Å². The first-order valence-corrected chi connectivity index (χ1v) is 12.5. The van der Waals surface area contributed by atoms with Crippen molar-refractivity contribution in [3.8, 4) is 5.75 Å². The smallest absolute Gasteiger partial charge is 0.271 e. The van der Waals surface area contributed by atoms with Crippen molar-refractivity contribution in [1.29, 1.82) is 0 Å². The highest BCUT2D eigenvalue weighted by atomic mass is 16.3. The minimum Gasteiger partial charge on any atom is -0.507 e. The minimum atomic E-state index is -0.278. The van der Waals surface area contributed by atoms with Gasteiger partial charge >= 0.3 is 0 Å². The van der Waals surface area contributed by atoms with E-state index in [1.165, 1.54) is 36.6 Å². The number of phenols is 1. The van der Waals surface area contributed by atoms with Gasteiger partial charge in [0.05, 0.1) is 6.21 Å². The van der Waals surface area contributed by atoms with E-state index < -0.39 is 0 Å². The van der Waals surface area contributed by atoms with Crippen molar-refractivity contribution in [2.75, 3.05) is 13.1 Å². The molecule has 2 N–H and O–H groups in total. The van der Waals surface area contributed by atoms with Gasteiger partial charge in [-0.2, -0.15) is 5.10 Å². The third kappa shape index (κ3) is 5.81. The number of nitrogens with zero attached hydrogens (tertiary/aromatic N) is 2. The van der Waals surface area contributed by atoms with Crippen LogP contribution in [0.3, 0.4) is 0 Å². The largest absolute Gasteiger partial charge is 0.507 e. The number of hydrazone groups is 1. The van der Waals surface area contributed by atoms with Crippen LogP contribution < -0.4 is 5.43 Å². The fourth-order valence-corrected chi connectivity index (χ4v) is 4.96. The molecule has 1 saturated heterocycles. The Kier molecular flexibility index (Phi) is 7.39. The number of aromatic hydroxyl groups is 1. The van der Waals surface area contributed by atoms with Gasteiger partial charge in [-0.15, -0.1) is 0 Å². The number of nitrogens with one attached hydrogen (secondary N) is 1. The van der Waals surface area contributed by atoms with Crippen LogP contribution in [0.2, 0.25) is 0 Å². The Hall–Kier alpha value is -3.96. The van der Waals surface area contributed by atoms with Gasteiger partial charge in [0.1, 0.15) is 5.75 Å². The SMILES string of the molecule is O=C(N/N=C/c1c(O)ccc2ccccc12)c1ccc(CN2CCC(Cc3ccccc3)CC2)cc1. The predicted molar refractivity (Wildman–Crippen MR) is 145 cm³/mol. The van der Waals surface area contributed by atoms with Crippen LogP contribution in [-0.2, 0) is 13.0 Å². The van der Waals surface area contributed by atoms with E-state index in [9.17, 15) is 9.90 Å². The number of phenolic OH excluding ortho intramolecular Hbond substituents is 1. The molecule has 182 valence electrons. The van der Waals surface area contributed by atoms with Crippen molar-refractivity contribution in [1.82, 2.24) is 10.3 Å². The fourth-order valence-electron chi connectivity index (χ4n) is 4.96. The number of fused-ring (bicyclic) bond motifs is 1. The summed E-state index contributed by atoms with van der Waals surface area (Å²) in [5, 5.41) is 16.2.